The number of hydrogen-bond acceptors (Lipinski definition) is 3. The van der Waals surface area contributed by atoms with Crippen molar-refractivity contribution < 1.29 is 9.47 Å². The van der Waals surface area contributed by atoms with E-state index in [1.807, 2.05) is 0 Å². The standard InChI is InChI=1S/C11H21NO2/c1-3-13-10(2)12-7-4-11(5-8-12)6-9-14-11/h10H,3-9H2,1-2H3. The van der Waals surface area contributed by atoms with E-state index in [-0.39, 0.29) is 11.8 Å². The van der Waals surface area contributed by atoms with Gasteiger partial charge in [0.25, 0.3) is 0 Å². The van der Waals surface area contributed by atoms with Crippen LogP contribution in [0.25, 0.3) is 0 Å². The van der Waals surface area contributed by atoms with Crippen LogP contribution < -0.4 is 0 Å². The lowest BCUT2D eigenvalue weighted by Gasteiger charge is -2.48. The molecule has 0 aromatic heterocycles. The molecule has 0 aliphatic carbocycles. The van der Waals surface area contributed by atoms with Crippen LogP contribution in [-0.4, -0.2) is 43.0 Å². The third-order valence-corrected chi connectivity index (χ3v) is 3.60. The molecule has 82 valence electrons. The Bertz CT molecular complexity index is 182. The molecule has 1 atom stereocenters. The Morgan fingerprint density at radius 1 is 1.36 bits per heavy atom. The van der Waals surface area contributed by atoms with Gasteiger partial charge in [0.1, 0.15) is 6.23 Å². The molecule has 14 heavy (non-hydrogen) atoms. The highest BCUT2D eigenvalue weighted by molar-refractivity contribution is 4.92. The Balaban J connectivity index is 1.77. The average Bonchev–Trinajstić information content (AvgIpc) is 2.16. The molecule has 2 aliphatic heterocycles. The van der Waals surface area contributed by atoms with E-state index < -0.39 is 0 Å². The summed E-state index contributed by atoms with van der Waals surface area (Å²) in [7, 11) is 0. The van der Waals surface area contributed by atoms with E-state index in [4.69, 9.17) is 9.47 Å². The molecule has 0 aromatic carbocycles. The molecule has 2 rings (SSSR count). The molecular formula is C11H21NO2. The Morgan fingerprint density at radius 3 is 2.43 bits per heavy atom. The lowest BCUT2D eigenvalue weighted by Crippen LogP contribution is -2.54. The first-order chi connectivity index (χ1) is 6.76. The Labute approximate surface area is 86.4 Å². The van der Waals surface area contributed by atoms with Crippen LogP contribution in [0.5, 0.6) is 0 Å². The average molecular weight is 199 g/mol. The minimum Gasteiger partial charge on any atom is -0.375 e. The highest BCUT2D eigenvalue weighted by Gasteiger charge is 2.41. The third kappa shape index (κ3) is 1.95. The summed E-state index contributed by atoms with van der Waals surface area (Å²) in [5, 5.41) is 0. The lowest BCUT2D eigenvalue weighted by atomic mass is 9.84. The van der Waals surface area contributed by atoms with Crippen molar-refractivity contribution in [2.75, 3.05) is 26.3 Å². The Hall–Kier alpha value is -0.120. The van der Waals surface area contributed by atoms with E-state index in [1.165, 1.54) is 19.3 Å². The summed E-state index contributed by atoms with van der Waals surface area (Å²) in [6.07, 6.45) is 3.91. The van der Waals surface area contributed by atoms with Gasteiger partial charge in [-0.05, 0) is 33.1 Å². The van der Waals surface area contributed by atoms with E-state index in [1.54, 1.807) is 0 Å². The van der Waals surface area contributed by atoms with Gasteiger partial charge < -0.3 is 9.47 Å². The molecule has 1 spiro atoms. The molecule has 2 aliphatic rings. The lowest BCUT2D eigenvalue weighted by molar-refractivity contribution is -0.185. The molecule has 0 amide bonds. The monoisotopic (exact) mass is 199 g/mol. The van der Waals surface area contributed by atoms with Gasteiger partial charge in [0, 0.05) is 19.7 Å². The number of likely N-dealkylation sites (tertiary alicyclic amines) is 1. The molecule has 0 saturated carbocycles. The van der Waals surface area contributed by atoms with Crippen LogP contribution >= 0.6 is 0 Å². The smallest absolute Gasteiger partial charge is 0.107 e. The second-order valence-electron chi connectivity index (χ2n) is 4.37. The van der Waals surface area contributed by atoms with Crippen LogP contribution in [0.1, 0.15) is 33.1 Å². The number of nitrogens with zero attached hydrogens (tertiary/aromatic N) is 1. The van der Waals surface area contributed by atoms with Gasteiger partial charge in [0.2, 0.25) is 0 Å². The van der Waals surface area contributed by atoms with Crippen LogP contribution in [0.3, 0.4) is 0 Å². The van der Waals surface area contributed by atoms with Gasteiger partial charge in [-0.3, -0.25) is 4.90 Å². The molecule has 3 heteroatoms. The van der Waals surface area contributed by atoms with E-state index in [9.17, 15) is 0 Å². The number of hydrogen-bond donors (Lipinski definition) is 0. The Kier molecular flexibility index (Phi) is 3.10. The number of rotatable bonds is 3. The van der Waals surface area contributed by atoms with Crippen LogP contribution in [0.4, 0.5) is 0 Å². The first kappa shape index (κ1) is 10.4. The maximum atomic E-state index is 5.68. The van der Waals surface area contributed by atoms with Crippen LogP contribution in [0.15, 0.2) is 0 Å². The Morgan fingerprint density at radius 2 is 2.00 bits per heavy atom. The molecule has 0 radical (unpaired) electrons. The van der Waals surface area contributed by atoms with Crippen molar-refractivity contribution in [3.63, 3.8) is 0 Å². The minimum absolute atomic E-state index is 0.266. The van der Waals surface area contributed by atoms with Crippen LogP contribution in [0.2, 0.25) is 0 Å². The molecule has 3 nitrogen and oxygen atoms in total. The van der Waals surface area contributed by atoms with Gasteiger partial charge in [-0.2, -0.15) is 0 Å². The van der Waals surface area contributed by atoms with Crippen LogP contribution in [0, 0.1) is 0 Å². The van der Waals surface area contributed by atoms with Crippen molar-refractivity contribution in [3.8, 4) is 0 Å². The summed E-state index contributed by atoms with van der Waals surface area (Å²) in [5.41, 5.74) is 0.266. The highest BCUT2D eigenvalue weighted by atomic mass is 16.5. The van der Waals surface area contributed by atoms with Crippen LogP contribution in [-0.2, 0) is 9.47 Å². The maximum Gasteiger partial charge on any atom is 0.107 e. The molecule has 2 fully saturated rings. The number of piperidine rings is 1. The zero-order chi connectivity index (χ0) is 10.0. The first-order valence-corrected chi connectivity index (χ1v) is 5.75. The first-order valence-electron chi connectivity index (χ1n) is 5.75. The fourth-order valence-electron chi connectivity index (χ4n) is 2.43. The molecule has 2 saturated heterocycles. The normalized spacial score (nSPS) is 28.7. The van der Waals surface area contributed by atoms with E-state index in [0.717, 1.165) is 26.3 Å². The number of ether oxygens (including phenoxy) is 2. The molecule has 2 heterocycles. The zero-order valence-electron chi connectivity index (χ0n) is 9.29. The maximum absolute atomic E-state index is 5.68. The van der Waals surface area contributed by atoms with Gasteiger partial charge >= 0.3 is 0 Å². The summed E-state index contributed by atoms with van der Waals surface area (Å²) in [5.74, 6) is 0. The SMILES string of the molecule is CCOC(C)N1CCC2(CCO2)CC1. The highest BCUT2D eigenvalue weighted by Crippen LogP contribution is 2.37. The van der Waals surface area contributed by atoms with Gasteiger partial charge in [-0.25, -0.2) is 0 Å². The van der Waals surface area contributed by atoms with E-state index >= 15 is 0 Å². The molecule has 0 bridgehead atoms. The fourth-order valence-corrected chi connectivity index (χ4v) is 2.43. The van der Waals surface area contributed by atoms with Crippen molar-refractivity contribution in [2.45, 2.75) is 44.9 Å². The third-order valence-electron chi connectivity index (χ3n) is 3.60. The summed E-state index contributed by atoms with van der Waals surface area (Å²) in [6, 6.07) is 0. The summed E-state index contributed by atoms with van der Waals surface area (Å²) >= 11 is 0. The summed E-state index contributed by atoms with van der Waals surface area (Å²) in [4.78, 5) is 2.41. The molecular weight excluding hydrogens is 178 g/mol. The van der Waals surface area contributed by atoms with E-state index in [0.29, 0.717) is 0 Å². The molecule has 1 unspecified atom stereocenters. The van der Waals surface area contributed by atoms with Gasteiger partial charge in [-0.1, -0.05) is 0 Å². The van der Waals surface area contributed by atoms with Crippen molar-refractivity contribution in [1.29, 1.82) is 0 Å². The predicted octanol–water partition coefficient (Wildman–Crippen LogP) is 1.62. The van der Waals surface area contributed by atoms with Crippen molar-refractivity contribution in [1.82, 2.24) is 4.90 Å². The summed E-state index contributed by atoms with van der Waals surface area (Å²) < 4.78 is 11.3. The van der Waals surface area contributed by atoms with Crippen molar-refractivity contribution >= 4 is 0 Å². The molecule has 0 N–H and O–H groups in total. The van der Waals surface area contributed by atoms with Crippen molar-refractivity contribution in [2.24, 2.45) is 0 Å². The van der Waals surface area contributed by atoms with Gasteiger partial charge in [0.15, 0.2) is 0 Å². The molecule has 0 aromatic rings. The van der Waals surface area contributed by atoms with Gasteiger partial charge in [-0.15, -0.1) is 0 Å². The van der Waals surface area contributed by atoms with Crippen molar-refractivity contribution in [3.05, 3.63) is 0 Å². The topological polar surface area (TPSA) is 21.7 Å². The van der Waals surface area contributed by atoms with Gasteiger partial charge in [0.05, 0.1) is 12.2 Å². The zero-order valence-corrected chi connectivity index (χ0v) is 9.29. The minimum atomic E-state index is 0.266. The fraction of sp³-hybridized carbons (Fsp3) is 1.00. The second-order valence-corrected chi connectivity index (χ2v) is 4.37. The predicted molar refractivity (Wildman–Crippen MR) is 55.2 cm³/mol. The second kappa shape index (κ2) is 4.17. The largest absolute Gasteiger partial charge is 0.375 e. The summed E-state index contributed by atoms with van der Waals surface area (Å²) in [6.45, 7) is 8.22. The van der Waals surface area contributed by atoms with E-state index in [2.05, 4.69) is 18.7 Å². The quantitative estimate of drug-likeness (QED) is 0.689.